The zero-order valence-electron chi connectivity index (χ0n) is 9.67. The molecule has 0 aliphatic heterocycles. The van der Waals surface area contributed by atoms with Crippen molar-refractivity contribution >= 4 is 15.9 Å². The monoisotopic (exact) mass is 289 g/mol. The zero-order chi connectivity index (χ0) is 12.0. The summed E-state index contributed by atoms with van der Waals surface area (Å²) >= 11 is 3.45. The van der Waals surface area contributed by atoms with Gasteiger partial charge < -0.3 is 14.3 Å². The average molecular weight is 290 g/mol. The average Bonchev–Trinajstić information content (AvgIpc) is 2.26. The largest absolute Gasteiger partial charge is 0.492 e. The smallest absolute Gasteiger partial charge is 0.174 e. The van der Waals surface area contributed by atoms with Gasteiger partial charge in [0.1, 0.15) is 0 Å². The Kier molecular flexibility index (Phi) is 5.59. The molecular formula is C11H16BrNO3. The Morgan fingerprint density at radius 1 is 1.31 bits per heavy atom. The SMILES string of the molecule is CCOc1cc(CNOC)cc(Br)c1OC. The highest BCUT2D eigenvalue weighted by Gasteiger charge is 2.10. The third kappa shape index (κ3) is 3.37. The molecule has 0 spiro atoms. The van der Waals surface area contributed by atoms with Crippen LogP contribution in [0.5, 0.6) is 11.5 Å². The summed E-state index contributed by atoms with van der Waals surface area (Å²) in [7, 11) is 3.21. The third-order valence-corrected chi connectivity index (χ3v) is 2.58. The van der Waals surface area contributed by atoms with Gasteiger partial charge in [-0.2, -0.15) is 5.48 Å². The second-order valence-electron chi connectivity index (χ2n) is 3.07. The molecule has 0 bridgehead atoms. The van der Waals surface area contributed by atoms with Gasteiger partial charge in [-0.1, -0.05) is 0 Å². The summed E-state index contributed by atoms with van der Waals surface area (Å²) in [6.45, 7) is 3.15. The van der Waals surface area contributed by atoms with Crippen molar-refractivity contribution in [3.63, 3.8) is 0 Å². The van der Waals surface area contributed by atoms with Crippen molar-refractivity contribution in [2.75, 3.05) is 20.8 Å². The lowest BCUT2D eigenvalue weighted by molar-refractivity contribution is 0.0866. The first kappa shape index (κ1) is 13.3. The van der Waals surface area contributed by atoms with Crippen molar-refractivity contribution < 1.29 is 14.3 Å². The summed E-state index contributed by atoms with van der Waals surface area (Å²) < 4.78 is 11.6. The molecule has 0 saturated heterocycles. The normalized spacial score (nSPS) is 10.2. The van der Waals surface area contributed by atoms with Crippen LogP contribution in [-0.2, 0) is 11.4 Å². The molecule has 0 fully saturated rings. The van der Waals surface area contributed by atoms with Crippen molar-refractivity contribution in [2.45, 2.75) is 13.5 Å². The Hall–Kier alpha value is -0.780. The van der Waals surface area contributed by atoms with E-state index in [-0.39, 0.29) is 0 Å². The van der Waals surface area contributed by atoms with Crippen LogP contribution in [0, 0.1) is 0 Å². The number of hydroxylamine groups is 1. The van der Waals surface area contributed by atoms with Crippen LogP contribution in [0.15, 0.2) is 16.6 Å². The fourth-order valence-electron chi connectivity index (χ4n) is 1.34. The Morgan fingerprint density at radius 3 is 2.62 bits per heavy atom. The minimum absolute atomic E-state index is 0.601. The molecule has 1 aromatic carbocycles. The second kappa shape index (κ2) is 6.73. The molecule has 1 N–H and O–H groups in total. The highest BCUT2D eigenvalue weighted by molar-refractivity contribution is 9.10. The molecule has 16 heavy (non-hydrogen) atoms. The van der Waals surface area contributed by atoms with Gasteiger partial charge in [-0.3, -0.25) is 0 Å². The van der Waals surface area contributed by atoms with Crippen LogP contribution < -0.4 is 15.0 Å². The first-order chi connectivity index (χ1) is 7.72. The molecule has 0 heterocycles. The maximum absolute atomic E-state index is 5.51. The molecule has 5 heteroatoms. The second-order valence-corrected chi connectivity index (χ2v) is 3.92. The van der Waals surface area contributed by atoms with Gasteiger partial charge in [0.15, 0.2) is 11.5 Å². The van der Waals surface area contributed by atoms with Gasteiger partial charge in [-0.05, 0) is 40.5 Å². The molecule has 0 saturated carbocycles. The quantitative estimate of drug-likeness (QED) is 0.817. The number of hydrogen-bond acceptors (Lipinski definition) is 4. The molecule has 1 rings (SSSR count). The summed E-state index contributed by atoms with van der Waals surface area (Å²) in [5.41, 5.74) is 3.84. The Labute approximate surface area is 104 Å². The standard InChI is InChI=1S/C11H16BrNO3/c1-4-16-10-6-8(7-13-15-3)5-9(12)11(10)14-2/h5-6,13H,4,7H2,1-3H3. The summed E-state index contributed by atoms with van der Waals surface area (Å²) in [5.74, 6) is 1.44. The van der Waals surface area contributed by atoms with Crippen LogP contribution in [0.2, 0.25) is 0 Å². The molecule has 90 valence electrons. The Morgan fingerprint density at radius 2 is 2.06 bits per heavy atom. The van der Waals surface area contributed by atoms with Crippen molar-refractivity contribution in [3.05, 3.63) is 22.2 Å². The fraction of sp³-hybridized carbons (Fsp3) is 0.455. The summed E-state index contributed by atoms with van der Waals surface area (Å²) in [6, 6.07) is 3.90. The number of methoxy groups -OCH3 is 1. The summed E-state index contributed by atoms with van der Waals surface area (Å²) in [4.78, 5) is 4.80. The molecule has 0 aliphatic rings. The lowest BCUT2D eigenvalue weighted by Gasteiger charge is -2.13. The number of hydrogen-bond donors (Lipinski definition) is 1. The maximum atomic E-state index is 5.51. The predicted octanol–water partition coefficient (Wildman–Crippen LogP) is 2.51. The minimum Gasteiger partial charge on any atom is -0.492 e. The highest BCUT2D eigenvalue weighted by atomic mass is 79.9. The molecule has 0 unspecified atom stereocenters. The molecule has 0 amide bonds. The number of nitrogens with one attached hydrogen (secondary N) is 1. The van der Waals surface area contributed by atoms with E-state index in [1.54, 1.807) is 14.2 Å². The van der Waals surface area contributed by atoms with Gasteiger partial charge >= 0.3 is 0 Å². The first-order valence-corrected chi connectivity index (χ1v) is 5.77. The van der Waals surface area contributed by atoms with Crippen LogP contribution in [0.3, 0.4) is 0 Å². The van der Waals surface area contributed by atoms with E-state index in [0.29, 0.717) is 18.9 Å². The van der Waals surface area contributed by atoms with E-state index < -0.39 is 0 Å². The van der Waals surface area contributed by atoms with Crippen molar-refractivity contribution in [3.8, 4) is 11.5 Å². The van der Waals surface area contributed by atoms with Crippen molar-refractivity contribution in [1.29, 1.82) is 0 Å². The van der Waals surface area contributed by atoms with E-state index >= 15 is 0 Å². The fourth-order valence-corrected chi connectivity index (χ4v) is 1.99. The number of halogens is 1. The van der Waals surface area contributed by atoms with Crippen LogP contribution in [-0.4, -0.2) is 20.8 Å². The topological polar surface area (TPSA) is 39.7 Å². The van der Waals surface area contributed by atoms with E-state index in [4.69, 9.17) is 14.3 Å². The molecule has 0 aliphatic carbocycles. The number of benzene rings is 1. The molecule has 4 nitrogen and oxygen atoms in total. The van der Waals surface area contributed by atoms with Gasteiger partial charge in [0.25, 0.3) is 0 Å². The molecule has 1 aromatic rings. The maximum Gasteiger partial charge on any atom is 0.174 e. The molecule has 0 atom stereocenters. The van der Waals surface area contributed by atoms with E-state index in [9.17, 15) is 0 Å². The van der Waals surface area contributed by atoms with Gasteiger partial charge in [-0.25, -0.2) is 0 Å². The van der Waals surface area contributed by atoms with Crippen molar-refractivity contribution in [2.24, 2.45) is 0 Å². The lowest BCUT2D eigenvalue weighted by Crippen LogP contribution is -2.11. The molecule has 0 radical (unpaired) electrons. The van der Waals surface area contributed by atoms with Crippen LogP contribution in [0.25, 0.3) is 0 Å². The predicted molar refractivity (Wildman–Crippen MR) is 65.7 cm³/mol. The van der Waals surface area contributed by atoms with Gasteiger partial charge in [0.05, 0.1) is 25.3 Å². The summed E-state index contributed by atoms with van der Waals surface area (Å²) in [6.07, 6.45) is 0. The zero-order valence-corrected chi connectivity index (χ0v) is 11.3. The van der Waals surface area contributed by atoms with Gasteiger partial charge in [-0.15, -0.1) is 0 Å². The number of rotatable bonds is 6. The third-order valence-electron chi connectivity index (χ3n) is 1.99. The lowest BCUT2D eigenvalue weighted by atomic mass is 10.2. The first-order valence-electron chi connectivity index (χ1n) is 4.98. The van der Waals surface area contributed by atoms with E-state index in [1.165, 1.54) is 0 Å². The minimum atomic E-state index is 0.601. The van der Waals surface area contributed by atoms with Crippen LogP contribution in [0.4, 0.5) is 0 Å². The van der Waals surface area contributed by atoms with E-state index in [1.807, 2.05) is 19.1 Å². The van der Waals surface area contributed by atoms with Crippen LogP contribution in [0.1, 0.15) is 12.5 Å². The molecular weight excluding hydrogens is 274 g/mol. The van der Waals surface area contributed by atoms with E-state index in [2.05, 4.69) is 21.4 Å². The van der Waals surface area contributed by atoms with Crippen molar-refractivity contribution in [1.82, 2.24) is 5.48 Å². The van der Waals surface area contributed by atoms with Gasteiger partial charge in [0, 0.05) is 6.54 Å². The Balaban J connectivity index is 2.97. The molecule has 0 aromatic heterocycles. The summed E-state index contributed by atoms with van der Waals surface area (Å²) in [5, 5.41) is 0. The Bertz CT molecular complexity index is 344. The number of ether oxygens (including phenoxy) is 2. The highest BCUT2D eigenvalue weighted by Crippen LogP contribution is 2.36. The van der Waals surface area contributed by atoms with Crippen LogP contribution >= 0.6 is 15.9 Å². The van der Waals surface area contributed by atoms with Gasteiger partial charge in [0.2, 0.25) is 0 Å². The van der Waals surface area contributed by atoms with E-state index in [0.717, 1.165) is 15.8 Å².